The van der Waals surface area contributed by atoms with Gasteiger partial charge in [0.25, 0.3) is 0 Å². The van der Waals surface area contributed by atoms with Crippen LogP contribution in [0.3, 0.4) is 0 Å². The van der Waals surface area contributed by atoms with E-state index in [1.165, 1.54) is 0 Å². The number of hydrogen-bond acceptors (Lipinski definition) is 2. The lowest BCUT2D eigenvalue weighted by Crippen LogP contribution is -2.18. The second kappa shape index (κ2) is 2.52. The molecule has 0 aromatic carbocycles. The van der Waals surface area contributed by atoms with E-state index in [-0.39, 0.29) is 5.66 Å². The normalized spacial score (nSPS) is 21.3. The Hall–Kier alpha value is -0.660. The van der Waals surface area contributed by atoms with E-state index >= 15 is 0 Å². The first kappa shape index (κ1) is 7.45. The summed E-state index contributed by atoms with van der Waals surface area (Å²) in [6.07, 6.45) is 3.89. The average molecular weight is 138 g/mol. The molecule has 0 unspecified atom stereocenters. The van der Waals surface area contributed by atoms with Gasteiger partial charge in [0.1, 0.15) is 5.66 Å². The molecule has 56 valence electrons. The van der Waals surface area contributed by atoms with Crippen LogP contribution >= 0.6 is 0 Å². The fourth-order valence-electron chi connectivity index (χ4n) is 1.19. The summed E-state index contributed by atoms with van der Waals surface area (Å²) >= 11 is 0. The average Bonchev–Trinajstić information content (AvgIpc) is 2.33. The molecule has 0 fully saturated rings. The first-order valence-corrected chi connectivity index (χ1v) is 3.84. The Morgan fingerprint density at radius 2 is 2.00 bits per heavy atom. The molecule has 1 rings (SSSR count). The lowest BCUT2D eigenvalue weighted by atomic mass is 10.1. The Labute approximate surface area is 62.1 Å². The van der Waals surface area contributed by atoms with Crippen LogP contribution in [-0.2, 0) is 0 Å². The van der Waals surface area contributed by atoms with Gasteiger partial charge in [0.05, 0.1) is 5.71 Å². The van der Waals surface area contributed by atoms with E-state index in [1.54, 1.807) is 0 Å². The highest BCUT2D eigenvalue weighted by atomic mass is 15.1. The number of hydrogen-bond donors (Lipinski definition) is 0. The Bertz CT molecular complexity index is 176. The Morgan fingerprint density at radius 3 is 2.20 bits per heavy atom. The summed E-state index contributed by atoms with van der Waals surface area (Å²) in [6.45, 7) is 6.25. The third-order valence-corrected chi connectivity index (χ3v) is 2.01. The molecule has 10 heavy (non-hydrogen) atoms. The minimum absolute atomic E-state index is 0.0932. The van der Waals surface area contributed by atoms with E-state index in [9.17, 15) is 0 Å². The van der Waals surface area contributed by atoms with Crippen molar-refractivity contribution in [1.82, 2.24) is 0 Å². The summed E-state index contributed by atoms with van der Waals surface area (Å²) < 4.78 is 0. The van der Waals surface area contributed by atoms with Crippen molar-refractivity contribution in [3.63, 3.8) is 0 Å². The molecule has 0 saturated heterocycles. The fourth-order valence-corrected chi connectivity index (χ4v) is 1.19. The van der Waals surface area contributed by atoms with Gasteiger partial charge in [-0.1, -0.05) is 13.8 Å². The van der Waals surface area contributed by atoms with Crippen molar-refractivity contribution in [3.05, 3.63) is 0 Å². The van der Waals surface area contributed by atoms with Crippen molar-refractivity contribution in [1.29, 1.82) is 0 Å². The third-order valence-electron chi connectivity index (χ3n) is 2.01. The van der Waals surface area contributed by atoms with Crippen LogP contribution in [0.1, 0.15) is 33.6 Å². The van der Waals surface area contributed by atoms with E-state index in [0.717, 1.165) is 18.6 Å². The topological polar surface area (TPSA) is 24.7 Å². The van der Waals surface area contributed by atoms with Crippen LogP contribution < -0.4 is 0 Å². The first-order chi connectivity index (χ1) is 4.72. The van der Waals surface area contributed by atoms with Crippen molar-refractivity contribution in [2.24, 2.45) is 9.98 Å². The van der Waals surface area contributed by atoms with E-state index in [2.05, 4.69) is 23.8 Å². The van der Waals surface area contributed by atoms with E-state index in [4.69, 9.17) is 0 Å². The van der Waals surface area contributed by atoms with Gasteiger partial charge in [-0.25, -0.2) is 0 Å². The predicted molar refractivity (Wildman–Crippen MR) is 44.9 cm³/mol. The minimum Gasteiger partial charge on any atom is -0.262 e. The summed E-state index contributed by atoms with van der Waals surface area (Å²) in [4.78, 5) is 8.81. The van der Waals surface area contributed by atoms with Crippen molar-refractivity contribution < 1.29 is 0 Å². The molecule has 1 heterocycles. The molecule has 0 bridgehead atoms. The molecule has 2 heteroatoms. The zero-order valence-electron chi connectivity index (χ0n) is 6.89. The van der Waals surface area contributed by atoms with Gasteiger partial charge in [0.15, 0.2) is 0 Å². The molecule has 0 N–H and O–H groups in total. The van der Waals surface area contributed by atoms with Crippen LogP contribution in [0.4, 0.5) is 0 Å². The predicted octanol–water partition coefficient (Wildman–Crippen LogP) is 2.05. The first-order valence-electron chi connectivity index (χ1n) is 3.84. The Morgan fingerprint density at radius 1 is 1.40 bits per heavy atom. The van der Waals surface area contributed by atoms with Gasteiger partial charge in [0.2, 0.25) is 0 Å². The molecule has 1 aliphatic heterocycles. The molecular formula is C8H14N2. The molecule has 0 aromatic rings. The zero-order chi connectivity index (χ0) is 7.61. The van der Waals surface area contributed by atoms with Gasteiger partial charge in [-0.05, 0) is 19.8 Å². The van der Waals surface area contributed by atoms with Crippen LogP contribution in [0, 0.1) is 0 Å². The van der Waals surface area contributed by atoms with E-state index < -0.39 is 0 Å². The molecule has 0 radical (unpaired) electrons. The van der Waals surface area contributed by atoms with Gasteiger partial charge < -0.3 is 0 Å². The largest absolute Gasteiger partial charge is 0.262 e. The maximum Gasteiger partial charge on any atom is 0.149 e. The summed E-state index contributed by atoms with van der Waals surface area (Å²) in [7, 11) is 0. The molecule has 0 saturated carbocycles. The highest BCUT2D eigenvalue weighted by molar-refractivity contribution is 6.30. The highest BCUT2D eigenvalue weighted by Crippen LogP contribution is 2.24. The van der Waals surface area contributed by atoms with Crippen LogP contribution in [0.5, 0.6) is 0 Å². The molecule has 0 aliphatic carbocycles. The Balaban J connectivity index is 2.80. The maximum atomic E-state index is 4.45. The fraction of sp³-hybridized carbons (Fsp3) is 0.750. The highest BCUT2D eigenvalue weighted by Gasteiger charge is 2.25. The standard InChI is InChI=1S/C8H14N2/c1-4-8(5-2)9-6-7(3)10-8/h6H,4-5H2,1-3H3. The monoisotopic (exact) mass is 138 g/mol. The molecule has 0 spiro atoms. The summed E-state index contributed by atoms with van der Waals surface area (Å²) in [5.41, 5.74) is 0.966. The Kier molecular flexibility index (Phi) is 1.88. The third kappa shape index (κ3) is 1.11. The number of aliphatic imine (C=N–C) groups is 2. The molecule has 0 atom stereocenters. The smallest absolute Gasteiger partial charge is 0.149 e. The van der Waals surface area contributed by atoms with Crippen molar-refractivity contribution in [3.8, 4) is 0 Å². The van der Waals surface area contributed by atoms with Gasteiger partial charge in [0, 0.05) is 6.21 Å². The second-order valence-electron chi connectivity index (χ2n) is 2.70. The van der Waals surface area contributed by atoms with Crippen molar-refractivity contribution in [2.45, 2.75) is 39.3 Å². The van der Waals surface area contributed by atoms with Crippen LogP contribution in [0.25, 0.3) is 0 Å². The lowest BCUT2D eigenvalue weighted by Gasteiger charge is -2.18. The second-order valence-corrected chi connectivity index (χ2v) is 2.70. The molecule has 2 nitrogen and oxygen atoms in total. The maximum absolute atomic E-state index is 4.45. The summed E-state index contributed by atoms with van der Waals surface area (Å²) in [5, 5.41) is 0. The van der Waals surface area contributed by atoms with Gasteiger partial charge >= 0.3 is 0 Å². The van der Waals surface area contributed by atoms with Crippen LogP contribution in [0.15, 0.2) is 9.98 Å². The van der Waals surface area contributed by atoms with Gasteiger partial charge in [-0.2, -0.15) is 0 Å². The van der Waals surface area contributed by atoms with Gasteiger partial charge in [-0.15, -0.1) is 0 Å². The summed E-state index contributed by atoms with van der Waals surface area (Å²) in [5.74, 6) is 0. The zero-order valence-corrected chi connectivity index (χ0v) is 6.89. The molecular weight excluding hydrogens is 124 g/mol. The summed E-state index contributed by atoms with van der Waals surface area (Å²) in [6, 6.07) is 0. The quantitative estimate of drug-likeness (QED) is 0.558. The van der Waals surface area contributed by atoms with E-state index in [1.807, 2.05) is 13.1 Å². The SMILES string of the molecule is CCC1(CC)N=CC(C)=N1. The van der Waals surface area contributed by atoms with Crippen LogP contribution in [-0.4, -0.2) is 17.6 Å². The number of rotatable bonds is 2. The lowest BCUT2D eigenvalue weighted by molar-refractivity contribution is 0.429. The molecule has 0 aromatic heterocycles. The van der Waals surface area contributed by atoms with Gasteiger partial charge in [-0.3, -0.25) is 9.98 Å². The van der Waals surface area contributed by atoms with Crippen molar-refractivity contribution in [2.75, 3.05) is 0 Å². The molecule has 0 amide bonds. The van der Waals surface area contributed by atoms with Crippen molar-refractivity contribution >= 4 is 11.9 Å². The molecule has 1 aliphatic rings. The van der Waals surface area contributed by atoms with Crippen LogP contribution in [0.2, 0.25) is 0 Å². The number of nitrogens with zero attached hydrogens (tertiary/aromatic N) is 2. The minimum atomic E-state index is -0.0932. The van der Waals surface area contributed by atoms with E-state index in [0.29, 0.717) is 0 Å².